The van der Waals surface area contributed by atoms with Crippen LogP contribution in [0.2, 0.25) is 0 Å². The van der Waals surface area contributed by atoms with Gasteiger partial charge in [0.2, 0.25) is 0 Å². The standard InChI is InChI=1S/C77H92N4O12/c1-6-56(77(90)32-54-46-18-22-76(33-58(46)77)31-40(25-43(85)24-37(2)3)67(87)51-11-9-10-47(54)65(51)76)73(89)92-60-29-53-68(88)63-59(86)28-44(35-82)91-70(63)64-61-50-19-23-79-71(78)62(50)66(75(20-7-8-21-75)30-39-13-14-42(84)27-52(39)55(61)36-83)49-17-16-45-41(26-57(49)74(60,5)93-69(53)64)34-80-72-48(45)15-12-38(4)81-72/h6,9-15,19,27-28,34,37-38,40,43,46,49,54-55,57-58,60-61,66-67,72,79-85,87-88,90H,7-8,16-18,20-26,29-33,35-36,78H2,1-5H3/b56-6+/t38-,40-,43-,46+,49-,54+,55-,57-,58+,60-,61+,66-,67-,72?,74+,76-,77+/m1/s1. The summed E-state index contributed by atoms with van der Waals surface area (Å²) in [7, 11) is 0. The fourth-order valence-corrected chi connectivity index (χ4v) is 22.4. The van der Waals surface area contributed by atoms with Crippen molar-refractivity contribution in [3.63, 3.8) is 0 Å². The second-order valence-corrected chi connectivity index (χ2v) is 31.1. The molecule has 4 fully saturated rings. The van der Waals surface area contributed by atoms with Crippen molar-refractivity contribution < 1.29 is 54.4 Å². The van der Waals surface area contributed by atoms with Gasteiger partial charge in [0, 0.05) is 60.2 Å². The van der Waals surface area contributed by atoms with Gasteiger partial charge in [-0.1, -0.05) is 75.3 Å². The highest BCUT2D eigenvalue weighted by atomic mass is 16.6. The summed E-state index contributed by atoms with van der Waals surface area (Å²) >= 11 is 0. The van der Waals surface area contributed by atoms with Crippen molar-refractivity contribution in [2.24, 2.45) is 52.6 Å². The van der Waals surface area contributed by atoms with E-state index in [0.717, 1.165) is 77.5 Å². The summed E-state index contributed by atoms with van der Waals surface area (Å²) in [6.07, 6.45) is 18.3. The summed E-state index contributed by atoms with van der Waals surface area (Å²) in [5.41, 5.74) is 14.2. The lowest BCUT2D eigenvalue weighted by molar-refractivity contribution is -0.173. The maximum atomic E-state index is 16.4. The van der Waals surface area contributed by atoms with E-state index in [-0.39, 0.29) is 99.9 Å². The number of phenols is 2. The third-order valence-corrected chi connectivity index (χ3v) is 26.0. The number of fused-ring (bicyclic) bond motifs is 12. The van der Waals surface area contributed by atoms with Crippen LogP contribution in [0.5, 0.6) is 17.2 Å². The van der Waals surface area contributed by atoms with Crippen LogP contribution in [0.15, 0.2) is 121 Å². The highest BCUT2D eigenvalue weighted by Crippen LogP contribution is 2.71. The first-order chi connectivity index (χ1) is 44.7. The number of aliphatic hydroxyl groups excluding tert-OH is 4. The number of hydrogen-bond donors (Lipinski definition) is 11. The number of ether oxygens (including phenoxy) is 2. The van der Waals surface area contributed by atoms with Crippen LogP contribution in [-0.4, -0.2) is 90.5 Å². The predicted octanol–water partition coefficient (Wildman–Crippen LogP) is 10.1. The molecule has 492 valence electrons. The normalized spacial score (nSPS) is 36.0. The Morgan fingerprint density at radius 2 is 1.78 bits per heavy atom. The number of hydrogen-bond acceptors (Lipinski definition) is 16. The third-order valence-electron chi connectivity index (χ3n) is 26.0. The third kappa shape index (κ3) is 9.09. The number of aliphatic hydroxyl groups is 5. The van der Waals surface area contributed by atoms with E-state index in [9.17, 15) is 40.5 Å². The Balaban J connectivity index is 0.902. The molecule has 3 aromatic carbocycles. The maximum Gasteiger partial charge on any atom is 0.337 e. The largest absolute Gasteiger partial charge is 0.508 e. The van der Waals surface area contributed by atoms with Crippen LogP contribution < -0.4 is 31.8 Å². The topological polar surface area (TPSA) is 269 Å². The Morgan fingerprint density at radius 1 is 0.978 bits per heavy atom. The van der Waals surface area contributed by atoms with Crippen LogP contribution in [0.3, 0.4) is 0 Å². The minimum absolute atomic E-state index is 0.00906. The molecule has 16 nitrogen and oxygen atoms in total. The van der Waals surface area contributed by atoms with Gasteiger partial charge in [-0.3, -0.25) is 10.1 Å². The van der Waals surface area contributed by atoms with Gasteiger partial charge in [-0.2, -0.15) is 0 Å². The molecule has 0 amide bonds. The SMILES string of the molecule is C/C=C(\C(=O)O[C@@H]1Cc2c3c(c4oc(CO)cc(=O)c4c2O)[C@H]2C4=CCNC(N)=C4[C@@H]([C@@H]4CCC5=C6C=C[C@@H](C)NC6NC=C5C[C@H]4[C@]1(C)O3)C1(CCCC1)Cc1ccc(O)cc1[C@H]2CO)[C@@]1(O)C[C@@H]2c3cccc4c3[C@]3(CC[C@@H]2[C@@H]1C3)C[C@@H](C[C@H](O)CC(C)C)[C@H]4O. The predicted molar refractivity (Wildman–Crippen MR) is 352 cm³/mol. The van der Waals surface area contributed by atoms with Crippen molar-refractivity contribution in [3.05, 3.63) is 167 Å². The summed E-state index contributed by atoms with van der Waals surface area (Å²) in [6, 6.07) is 13.1. The first-order valence-corrected chi connectivity index (χ1v) is 34.9. The molecule has 13 aliphatic rings. The van der Waals surface area contributed by atoms with Gasteiger partial charge in [-0.05, 0) is 224 Å². The second kappa shape index (κ2) is 22.2. The van der Waals surface area contributed by atoms with Crippen LogP contribution in [0.1, 0.15) is 193 Å². The molecule has 12 N–H and O–H groups in total. The molecule has 6 heterocycles. The highest BCUT2D eigenvalue weighted by Gasteiger charge is 2.67. The van der Waals surface area contributed by atoms with E-state index in [4.69, 9.17) is 19.6 Å². The molecule has 17 rings (SSSR count). The summed E-state index contributed by atoms with van der Waals surface area (Å²) in [4.78, 5) is 31.4. The molecule has 16 heteroatoms. The zero-order chi connectivity index (χ0) is 64.5. The number of nitrogens with two attached hydrogens (primary N) is 1. The van der Waals surface area contributed by atoms with Crippen LogP contribution in [-0.2, 0) is 34.4 Å². The summed E-state index contributed by atoms with van der Waals surface area (Å²) in [5, 5.41) is 96.7. The molecule has 4 aromatic rings. The Hall–Kier alpha value is -6.66. The van der Waals surface area contributed by atoms with Gasteiger partial charge >= 0.3 is 5.97 Å². The average Bonchev–Trinajstić information content (AvgIpc) is 1.66. The number of carbonyl (C=O) groups excluding carboxylic acids is 1. The maximum absolute atomic E-state index is 16.4. The van der Waals surface area contributed by atoms with Crippen LogP contribution >= 0.6 is 0 Å². The van der Waals surface area contributed by atoms with Gasteiger partial charge in [0.05, 0.1) is 24.4 Å². The summed E-state index contributed by atoms with van der Waals surface area (Å²) in [6.45, 7) is 9.53. The Labute approximate surface area is 543 Å². The Morgan fingerprint density at radius 3 is 2.56 bits per heavy atom. The van der Waals surface area contributed by atoms with Crippen molar-refractivity contribution in [1.29, 1.82) is 0 Å². The van der Waals surface area contributed by atoms with Crippen molar-refractivity contribution in [1.82, 2.24) is 16.0 Å². The molecule has 0 saturated heterocycles. The number of carbonyl (C=O) groups is 1. The smallest absolute Gasteiger partial charge is 0.337 e. The number of dihydropyridines is 2. The summed E-state index contributed by atoms with van der Waals surface area (Å²) in [5.74, 6) is -3.39. The minimum atomic E-state index is -1.63. The van der Waals surface area contributed by atoms with Gasteiger partial charge < -0.3 is 66.0 Å². The first-order valence-electron chi connectivity index (χ1n) is 34.9. The zero-order valence-electron chi connectivity index (χ0n) is 54.3. The molecule has 8 bridgehead atoms. The molecule has 5 aliphatic heterocycles. The lowest BCUT2D eigenvalue weighted by Gasteiger charge is -2.55. The average molecular weight is 1270 g/mol. The van der Waals surface area contributed by atoms with Crippen LogP contribution in [0.25, 0.3) is 11.0 Å². The molecular formula is C77H92N4O12. The lowest BCUT2D eigenvalue weighted by Crippen LogP contribution is -2.60. The monoisotopic (exact) mass is 1260 g/mol. The van der Waals surface area contributed by atoms with Crippen LogP contribution in [0.4, 0.5) is 0 Å². The summed E-state index contributed by atoms with van der Waals surface area (Å²) < 4.78 is 22.3. The number of rotatable bonds is 9. The second-order valence-electron chi connectivity index (χ2n) is 31.1. The molecule has 93 heavy (non-hydrogen) atoms. The molecule has 8 aliphatic carbocycles. The van der Waals surface area contributed by atoms with Crippen molar-refractivity contribution in [3.8, 4) is 17.2 Å². The van der Waals surface area contributed by atoms with Crippen molar-refractivity contribution in [2.45, 2.75) is 209 Å². The highest BCUT2D eigenvalue weighted by molar-refractivity contribution is 5.93. The Bertz CT molecular complexity index is 4050. The number of allylic oxidation sites excluding steroid dienone is 5. The molecular weight excluding hydrogens is 1170 g/mol. The van der Waals surface area contributed by atoms with E-state index in [1.165, 1.54) is 22.8 Å². The van der Waals surface area contributed by atoms with Gasteiger partial charge in [0.1, 0.15) is 69.9 Å². The molecule has 4 saturated carbocycles. The molecule has 17 atom stereocenters. The molecule has 0 radical (unpaired) electrons. The van der Waals surface area contributed by atoms with Gasteiger partial charge in [-0.15, -0.1) is 0 Å². The Kier molecular flexibility index (Phi) is 14.6. The first kappa shape index (κ1) is 61.2. The fraction of sp³-hybridized carbons (Fsp3) is 0.558. The minimum Gasteiger partial charge on any atom is -0.508 e. The van der Waals surface area contributed by atoms with E-state index >= 15 is 4.79 Å². The number of nitrogens with one attached hydrogen (secondary N) is 3. The lowest BCUT2D eigenvalue weighted by atomic mass is 9.54. The quantitative estimate of drug-likeness (QED) is 0.0550. The van der Waals surface area contributed by atoms with E-state index in [1.807, 2.05) is 19.1 Å². The molecule has 1 aromatic heterocycles. The van der Waals surface area contributed by atoms with Gasteiger partial charge in [0.25, 0.3) is 0 Å². The van der Waals surface area contributed by atoms with E-state index < -0.39 is 88.5 Å². The molecule has 2 spiro atoms. The zero-order valence-corrected chi connectivity index (χ0v) is 54.3. The number of esters is 1. The van der Waals surface area contributed by atoms with Crippen LogP contribution in [0, 0.1) is 46.8 Å². The van der Waals surface area contributed by atoms with Crippen molar-refractivity contribution in [2.75, 3.05) is 13.2 Å². The number of aromatic hydroxyl groups is 2. The van der Waals surface area contributed by atoms with E-state index in [1.54, 1.807) is 18.2 Å². The number of phenolic OH excluding ortho intramolecular Hbond substituents is 2. The van der Waals surface area contributed by atoms with Gasteiger partial charge in [0.15, 0.2) is 5.43 Å². The van der Waals surface area contributed by atoms with E-state index in [0.29, 0.717) is 75.2 Å². The number of benzene rings is 3. The van der Waals surface area contributed by atoms with Gasteiger partial charge in [-0.25, -0.2) is 4.79 Å². The van der Waals surface area contributed by atoms with Crippen molar-refractivity contribution >= 4 is 16.9 Å². The fourth-order valence-electron chi connectivity index (χ4n) is 22.4. The van der Waals surface area contributed by atoms with E-state index in [2.05, 4.69) is 80.2 Å². The molecule has 1 unspecified atom stereocenters.